The van der Waals surface area contributed by atoms with E-state index in [0.717, 1.165) is 31.0 Å². The molecule has 2 aromatic heterocycles. The van der Waals surface area contributed by atoms with E-state index in [4.69, 9.17) is 27.6 Å². The Morgan fingerprint density at radius 1 is 1.07 bits per heavy atom. The maximum atomic E-state index is 12.4. The normalized spacial score (nSPS) is 14.8. The average molecular weight is 434 g/mol. The van der Waals surface area contributed by atoms with Crippen molar-refractivity contribution in [2.24, 2.45) is 0 Å². The number of carbonyl (C=O) groups is 1. The molecule has 3 heterocycles. The van der Waals surface area contributed by atoms with Gasteiger partial charge in [0.25, 0.3) is 5.91 Å². The highest BCUT2D eigenvalue weighted by atomic mass is 35.5. The van der Waals surface area contributed by atoms with Crippen LogP contribution in [0.5, 0.6) is 0 Å². The highest BCUT2D eigenvalue weighted by Crippen LogP contribution is 2.23. The molecule has 1 fully saturated rings. The summed E-state index contributed by atoms with van der Waals surface area (Å²) in [6.45, 7) is 3.33. The van der Waals surface area contributed by atoms with E-state index in [9.17, 15) is 4.79 Å². The van der Waals surface area contributed by atoms with Crippen LogP contribution in [-0.2, 0) is 13.1 Å². The molecule has 7 nitrogen and oxygen atoms in total. The Hall–Kier alpha value is -2.35. The molecule has 1 saturated heterocycles. The highest BCUT2D eigenvalue weighted by Gasteiger charge is 2.16. The molecule has 0 radical (unpaired) electrons. The van der Waals surface area contributed by atoms with Gasteiger partial charge in [0.15, 0.2) is 5.76 Å². The summed E-state index contributed by atoms with van der Waals surface area (Å²) in [7, 11) is 0. The summed E-state index contributed by atoms with van der Waals surface area (Å²) in [5.74, 6) is 0.874. The first-order valence-corrected chi connectivity index (χ1v) is 10.3. The number of carbonyl (C=O) groups excluding carboxylic acids is 1. The summed E-state index contributed by atoms with van der Waals surface area (Å²) < 4.78 is 7.31. The van der Waals surface area contributed by atoms with Gasteiger partial charge in [-0.25, -0.2) is 9.67 Å². The summed E-state index contributed by atoms with van der Waals surface area (Å²) >= 11 is 12.0. The summed E-state index contributed by atoms with van der Waals surface area (Å²) in [5.41, 5.74) is 0.926. The highest BCUT2D eigenvalue weighted by molar-refractivity contribution is 6.42. The van der Waals surface area contributed by atoms with Crippen molar-refractivity contribution in [3.8, 4) is 0 Å². The second kappa shape index (κ2) is 8.98. The first-order valence-electron chi connectivity index (χ1n) is 9.52. The molecule has 29 heavy (non-hydrogen) atoms. The lowest BCUT2D eigenvalue weighted by atomic mass is 10.1. The van der Waals surface area contributed by atoms with E-state index in [1.165, 1.54) is 19.3 Å². The van der Waals surface area contributed by atoms with Crippen LogP contribution in [0, 0.1) is 0 Å². The van der Waals surface area contributed by atoms with Crippen molar-refractivity contribution in [1.82, 2.24) is 19.7 Å². The zero-order valence-corrected chi connectivity index (χ0v) is 17.3. The smallest absolute Gasteiger partial charge is 0.293 e. The lowest BCUT2D eigenvalue weighted by Crippen LogP contribution is -2.28. The molecule has 0 saturated carbocycles. The third-order valence-electron chi connectivity index (χ3n) is 4.80. The van der Waals surface area contributed by atoms with Crippen LogP contribution in [0.25, 0.3) is 0 Å². The van der Waals surface area contributed by atoms with Gasteiger partial charge >= 0.3 is 0 Å². The van der Waals surface area contributed by atoms with Crippen molar-refractivity contribution in [1.29, 1.82) is 0 Å². The van der Waals surface area contributed by atoms with Gasteiger partial charge in [0, 0.05) is 0 Å². The minimum absolute atomic E-state index is 0.212. The molecule has 9 heteroatoms. The van der Waals surface area contributed by atoms with Crippen molar-refractivity contribution in [3.05, 3.63) is 63.8 Å². The number of amides is 1. The first-order chi connectivity index (χ1) is 14.1. The van der Waals surface area contributed by atoms with Crippen molar-refractivity contribution in [3.63, 3.8) is 0 Å². The van der Waals surface area contributed by atoms with Crippen molar-refractivity contribution >= 4 is 35.1 Å². The Morgan fingerprint density at radius 3 is 2.69 bits per heavy atom. The lowest BCUT2D eigenvalue weighted by molar-refractivity contribution is 0.0991. The van der Waals surface area contributed by atoms with Crippen molar-refractivity contribution < 1.29 is 9.21 Å². The van der Waals surface area contributed by atoms with Crippen LogP contribution in [0.4, 0.5) is 5.95 Å². The molecule has 4 rings (SSSR count). The van der Waals surface area contributed by atoms with Crippen LogP contribution >= 0.6 is 23.2 Å². The molecular formula is C20H21Cl2N5O2. The summed E-state index contributed by atoms with van der Waals surface area (Å²) in [4.78, 5) is 18.9. The van der Waals surface area contributed by atoms with E-state index in [-0.39, 0.29) is 17.6 Å². The molecule has 1 N–H and O–H groups in total. The van der Waals surface area contributed by atoms with Crippen LogP contribution in [0.1, 0.15) is 41.1 Å². The number of rotatable bonds is 6. The Kier molecular flexibility index (Phi) is 6.18. The molecule has 0 bridgehead atoms. The first kappa shape index (κ1) is 19.9. The number of hydrogen-bond acceptors (Lipinski definition) is 5. The predicted molar refractivity (Wildman–Crippen MR) is 111 cm³/mol. The van der Waals surface area contributed by atoms with E-state index in [0.29, 0.717) is 16.6 Å². The van der Waals surface area contributed by atoms with Gasteiger partial charge in [0.1, 0.15) is 12.1 Å². The number of aromatic nitrogens is 3. The summed E-state index contributed by atoms with van der Waals surface area (Å²) in [6.07, 6.45) is 5.25. The zero-order valence-electron chi connectivity index (χ0n) is 15.8. The number of nitrogens with zero attached hydrogens (tertiary/aromatic N) is 4. The number of likely N-dealkylation sites (tertiary alicyclic amines) is 1. The van der Waals surface area contributed by atoms with Gasteiger partial charge in [-0.15, -0.1) is 5.10 Å². The van der Waals surface area contributed by atoms with Gasteiger partial charge in [-0.1, -0.05) is 35.7 Å². The summed E-state index contributed by atoms with van der Waals surface area (Å²) in [5, 5.41) is 7.92. The maximum absolute atomic E-state index is 12.4. The fraction of sp³-hybridized carbons (Fsp3) is 0.350. The van der Waals surface area contributed by atoms with Crippen molar-refractivity contribution in [2.45, 2.75) is 32.4 Å². The van der Waals surface area contributed by atoms with Gasteiger partial charge in [0.2, 0.25) is 5.95 Å². The number of furan rings is 1. The minimum atomic E-state index is -0.373. The standard InChI is InChI=1S/C20H21Cl2N5O2/c21-16-6-4-14(10-17(16)22)11-27-13-23-20(25-27)24-19(28)18-7-5-15(29-18)12-26-8-2-1-3-9-26/h4-7,10,13H,1-3,8-9,11-12H2,(H,24,25,28). The van der Waals surface area contributed by atoms with Crippen LogP contribution in [0.15, 0.2) is 41.1 Å². The monoisotopic (exact) mass is 433 g/mol. The molecule has 0 unspecified atom stereocenters. The second-order valence-corrected chi connectivity index (χ2v) is 7.89. The van der Waals surface area contributed by atoms with E-state index >= 15 is 0 Å². The summed E-state index contributed by atoms with van der Waals surface area (Å²) in [6, 6.07) is 8.90. The molecule has 0 spiro atoms. The van der Waals surface area contributed by atoms with E-state index < -0.39 is 0 Å². The van der Waals surface area contributed by atoms with E-state index in [1.807, 2.05) is 12.1 Å². The van der Waals surface area contributed by atoms with Crippen LogP contribution in [0.3, 0.4) is 0 Å². The number of piperidine rings is 1. The average Bonchev–Trinajstić information content (AvgIpc) is 3.35. The van der Waals surface area contributed by atoms with Gasteiger partial charge in [-0.3, -0.25) is 15.0 Å². The molecule has 1 aromatic carbocycles. The Balaban J connectivity index is 1.34. The zero-order chi connectivity index (χ0) is 20.2. The Bertz CT molecular complexity index is 994. The van der Waals surface area contributed by atoms with Crippen LogP contribution in [0.2, 0.25) is 10.0 Å². The van der Waals surface area contributed by atoms with Gasteiger partial charge in [-0.2, -0.15) is 0 Å². The fourth-order valence-corrected chi connectivity index (χ4v) is 3.66. The van der Waals surface area contributed by atoms with E-state index in [1.54, 1.807) is 29.2 Å². The minimum Gasteiger partial charge on any atom is -0.455 e. The molecular weight excluding hydrogens is 413 g/mol. The molecule has 1 amide bonds. The van der Waals surface area contributed by atoms with Crippen LogP contribution in [-0.4, -0.2) is 38.7 Å². The van der Waals surface area contributed by atoms with Crippen molar-refractivity contribution in [2.75, 3.05) is 18.4 Å². The number of anilines is 1. The molecule has 3 aromatic rings. The number of nitrogens with one attached hydrogen (secondary N) is 1. The largest absolute Gasteiger partial charge is 0.455 e. The second-order valence-electron chi connectivity index (χ2n) is 7.07. The molecule has 0 atom stereocenters. The third kappa shape index (κ3) is 5.18. The van der Waals surface area contributed by atoms with Gasteiger partial charge in [-0.05, 0) is 55.8 Å². The van der Waals surface area contributed by atoms with E-state index in [2.05, 4.69) is 20.3 Å². The number of hydrogen-bond donors (Lipinski definition) is 1. The topological polar surface area (TPSA) is 76.2 Å². The number of benzene rings is 1. The molecule has 1 aliphatic heterocycles. The molecule has 1 aliphatic rings. The van der Waals surface area contributed by atoms with Gasteiger partial charge < -0.3 is 4.42 Å². The van der Waals surface area contributed by atoms with Crippen LogP contribution < -0.4 is 5.32 Å². The lowest BCUT2D eigenvalue weighted by Gasteiger charge is -2.25. The molecule has 0 aliphatic carbocycles. The number of halogens is 2. The molecule has 152 valence electrons. The fourth-order valence-electron chi connectivity index (χ4n) is 3.34. The Morgan fingerprint density at radius 2 is 1.90 bits per heavy atom. The van der Waals surface area contributed by atoms with Gasteiger partial charge in [0.05, 0.1) is 23.1 Å². The SMILES string of the molecule is O=C(Nc1ncn(Cc2ccc(Cl)c(Cl)c2)n1)c1ccc(CN2CCCCC2)o1. The maximum Gasteiger partial charge on any atom is 0.293 e. The predicted octanol–water partition coefficient (Wildman–Crippen LogP) is 4.46. The Labute approximate surface area is 178 Å². The third-order valence-corrected chi connectivity index (χ3v) is 5.54. The quantitative estimate of drug-likeness (QED) is 0.620.